The third-order valence-corrected chi connectivity index (χ3v) is 4.39. The first-order valence-corrected chi connectivity index (χ1v) is 8.57. The molecule has 0 saturated carbocycles. The number of nitrogens with one attached hydrogen (secondary N) is 1. The second-order valence-electron chi connectivity index (χ2n) is 6.14. The fraction of sp³-hybridized carbons (Fsp3) is 0.333. The molecule has 0 bridgehead atoms. The van der Waals surface area contributed by atoms with E-state index in [9.17, 15) is 9.59 Å². The number of hydrogen-bond donors (Lipinski definition) is 1. The lowest BCUT2D eigenvalue weighted by Gasteiger charge is -2.32. The Morgan fingerprint density at radius 1 is 1.30 bits per heavy atom. The number of aromatic nitrogens is 2. The third kappa shape index (κ3) is 3.12. The van der Waals surface area contributed by atoms with Crippen molar-refractivity contribution in [2.45, 2.75) is 26.4 Å². The molecule has 27 heavy (non-hydrogen) atoms. The summed E-state index contributed by atoms with van der Waals surface area (Å²) in [6.45, 7) is 4.25. The average Bonchev–Trinajstić information content (AvgIpc) is 3.24. The number of nitrogens with zero attached hydrogens (tertiary/aromatic N) is 3. The number of carbonyl (C=O) groups excluding carboxylic acids is 2. The van der Waals surface area contributed by atoms with Gasteiger partial charge in [0.1, 0.15) is 18.9 Å². The van der Waals surface area contributed by atoms with E-state index in [2.05, 4.69) is 15.5 Å². The second kappa shape index (κ2) is 6.75. The summed E-state index contributed by atoms with van der Waals surface area (Å²) in [5.41, 5.74) is 1.69. The van der Waals surface area contributed by atoms with Gasteiger partial charge in [0, 0.05) is 0 Å². The number of ether oxygens (including phenoxy) is 2. The molecule has 0 radical (unpaired) electrons. The number of urea groups is 1. The zero-order valence-electron chi connectivity index (χ0n) is 14.9. The number of benzene rings is 1. The van der Waals surface area contributed by atoms with Gasteiger partial charge in [0.05, 0.1) is 23.9 Å². The molecule has 0 fully saturated rings. The zero-order chi connectivity index (χ0) is 19.0. The molecule has 1 N–H and O–H groups in total. The van der Waals surface area contributed by atoms with E-state index in [1.54, 1.807) is 19.1 Å². The van der Waals surface area contributed by atoms with Gasteiger partial charge in [-0.25, -0.2) is 9.59 Å². The lowest BCUT2D eigenvalue weighted by atomic mass is 9.95. The number of hydrogen-bond acceptors (Lipinski definition) is 7. The highest BCUT2D eigenvalue weighted by molar-refractivity contribution is 5.97. The van der Waals surface area contributed by atoms with Crippen molar-refractivity contribution in [3.63, 3.8) is 0 Å². The number of cyclic esters (lactones) is 1. The van der Waals surface area contributed by atoms with Crippen LogP contribution in [-0.2, 0) is 16.1 Å². The number of aryl methyl sites for hydroxylation is 1. The predicted molar refractivity (Wildman–Crippen MR) is 91.4 cm³/mol. The van der Waals surface area contributed by atoms with Crippen molar-refractivity contribution >= 4 is 12.0 Å². The molecule has 9 nitrogen and oxygen atoms in total. The maximum atomic E-state index is 12.7. The van der Waals surface area contributed by atoms with E-state index >= 15 is 0 Å². The molecule has 1 aromatic carbocycles. The van der Waals surface area contributed by atoms with Crippen molar-refractivity contribution in [2.24, 2.45) is 0 Å². The molecule has 0 aliphatic carbocycles. The van der Waals surface area contributed by atoms with Crippen LogP contribution in [0.2, 0.25) is 0 Å². The summed E-state index contributed by atoms with van der Waals surface area (Å²) in [7, 11) is 0. The summed E-state index contributed by atoms with van der Waals surface area (Å²) in [4.78, 5) is 30.6. The summed E-state index contributed by atoms with van der Waals surface area (Å²) in [6, 6.07) is 6.31. The Kier molecular flexibility index (Phi) is 4.27. The van der Waals surface area contributed by atoms with Gasteiger partial charge in [-0.3, -0.25) is 4.90 Å². The number of amides is 2. The standard InChI is InChI=1S/C18H18N4O5/c1-3-25-12-6-4-11(5-7-12)16-15-13(9-26-17(15)23)22(18(24)20-16)8-14-19-10(2)21-27-14/h4-7,16H,3,8-9H2,1-2H3,(H,20,24)/t16-/m1/s1. The summed E-state index contributed by atoms with van der Waals surface area (Å²) in [5.74, 6) is 1.03. The van der Waals surface area contributed by atoms with Crippen molar-refractivity contribution in [1.29, 1.82) is 0 Å². The molecule has 140 valence electrons. The molecular weight excluding hydrogens is 352 g/mol. The molecule has 1 atom stereocenters. The smallest absolute Gasteiger partial charge is 0.338 e. The second-order valence-corrected chi connectivity index (χ2v) is 6.14. The van der Waals surface area contributed by atoms with Gasteiger partial charge in [0.2, 0.25) is 5.89 Å². The van der Waals surface area contributed by atoms with Crippen LogP contribution in [0.25, 0.3) is 0 Å². The largest absolute Gasteiger partial charge is 0.494 e. The molecule has 2 aromatic rings. The Morgan fingerprint density at radius 2 is 2.07 bits per heavy atom. The highest BCUT2D eigenvalue weighted by Gasteiger charge is 2.42. The Labute approximate surface area is 154 Å². The van der Waals surface area contributed by atoms with Crippen molar-refractivity contribution in [1.82, 2.24) is 20.4 Å². The topological polar surface area (TPSA) is 107 Å². The molecule has 3 heterocycles. The highest BCUT2D eigenvalue weighted by atomic mass is 16.5. The van der Waals surface area contributed by atoms with Gasteiger partial charge in [-0.05, 0) is 31.5 Å². The normalized spacial score (nSPS) is 19.0. The summed E-state index contributed by atoms with van der Waals surface area (Å²) in [6.07, 6.45) is 0. The Bertz CT molecular complexity index is 918. The molecule has 0 spiro atoms. The monoisotopic (exact) mass is 370 g/mol. The lowest BCUT2D eigenvalue weighted by Crippen LogP contribution is -2.46. The summed E-state index contributed by atoms with van der Waals surface area (Å²) >= 11 is 0. The Balaban J connectivity index is 1.66. The quantitative estimate of drug-likeness (QED) is 0.801. The van der Waals surface area contributed by atoms with Gasteiger partial charge in [0.15, 0.2) is 5.82 Å². The maximum Gasteiger partial charge on any atom is 0.338 e. The molecule has 9 heteroatoms. The van der Waals surface area contributed by atoms with E-state index in [1.807, 2.05) is 19.1 Å². The van der Waals surface area contributed by atoms with E-state index in [0.717, 1.165) is 11.3 Å². The summed E-state index contributed by atoms with van der Waals surface area (Å²) < 4.78 is 15.7. The SMILES string of the molecule is CCOc1ccc([C@H]2NC(=O)N(Cc3nc(C)no3)C3=C2C(=O)OC3)cc1. The summed E-state index contributed by atoms with van der Waals surface area (Å²) in [5, 5.41) is 6.58. The molecular formula is C18H18N4O5. The van der Waals surface area contributed by atoms with Crippen LogP contribution in [0, 0.1) is 6.92 Å². The van der Waals surface area contributed by atoms with E-state index < -0.39 is 12.0 Å². The minimum Gasteiger partial charge on any atom is -0.494 e. The minimum absolute atomic E-state index is 0.0300. The fourth-order valence-electron chi connectivity index (χ4n) is 3.19. The van der Waals surface area contributed by atoms with E-state index in [-0.39, 0.29) is 25.1 Å². The first-order valence-electron chi connectivity index (χ1n) is 8.57. The minimum atomic E-state index is -0.584. The fourth-order valence-corrected chi connectivity index (χ4v) is 3.19. The van der Waals surface area contributed by atoms with Crippen molar-refractivity contribution in [2.75, 3.05) is 13.2 Å². The van der Waals surface area contributed by atoms with Crippen LogP contribution in [0.15, 0.2) is 40.1 Å². The highest BCUT2D eigenvalue weighted by Crippen LogP contribution is 2.36. The average molecular weight is 370 g/mol. The Morgan fingerprint density at radius 3 is 2.74 bits per heavy atom. The Hall–Kier alpha value is -3.36. The predicted octanol–water partition coefficient (Wildman–Crippen LogP) is 1.85. The van der Waals surface area contributed by atoms with Gasteiger partial charge < -0.3 is 19.3 Å². The molecule has 0 unspecified atom stereocenters. The lowest BCUT2D eigenvalue weighted by molar-refractivity contribution is -0.136. The van der Waals surface area contributed by atoms with E-state index in [4.69, 9.17) is 14.0 Å². The first kappa shape index (κ1) is 17.1. The third-order valence-electron chi connectivity index (χ3n) is 4.39. The number of esters is 1. The van der Waals surface area contributed by atoms with Crippen molar-refractivity contribution in [3.8, 4) is 5.75 Å². The van der Waals surface area contributed by atoms with Gasteiger partial charge >= 0.3 is 12.0 Å². The molecule has 0 saturated heterocycles. The van der Waals surface area contributed by atoms with Gasteiger partial charge in [-0.1, -0.05) is 17.3 Å². The van der Waals surface area contributed by atoms with Gasteiger partial charge in [-0.15, -0.1) is 0 Å². The number of rotatable bonds is 5. The molecule has 1 aromatic heterocycles. The van der Waals surface area contributed by atoms with Crippen LogP contribution in [-0.4, -0.2) is 40.3 Å². The maximum absolute atomic E-state index is 12.7. The molecule has 2 amide bonds. The zero-order valence-corrected chi connectivity index (χ0v) is 14.9. The van der Waals surface area contributed by atoms with Crippen molar-refractivity contribution < 1.29 is 23.6 Å². The van der Waals surface area contributed by atoms with E-state index in [1.165, 1.54) is 4.90 Å². The van der Waals surface area contributed by atoms with Gasteiger partial charge in [-0.2, -0.15) is 4.98 Å². The molecule has 4 rings (SSSR count). The van der Waals surface area contributed by atoms with Crippen LogP contribution in [0.4, 0.5) is 4.79 Å². The van der Waals surface area contributed by atoms with Gasteiger partial charge in [0.25, 0.3) is 0 Å². The van der Waals surface area contributed by atoms with Crippen LogP contribution in [0.5, 0.6) is 5.75 Å². The first-order chi connectivity index (χ1) is 13.1. The molecule has 2 aliphatic rings. The van der Waals surface area contributed by atoms with Crippen molar-refractivity contribution in [3.05, 3.63) is 52.8 Å². The van der Waals surface area contributed by atoms with Crippen LogP contribution < -0.4 is 10.1 Å². The van der Waals surface area contributed by atoms with E-state index in [0.29, 0.717) is 23.7 Å². The van der Waals surface area contributed by atoms with Crippen LogP contribution in [0.1, 0.15) is 30.2 Å². The van der Waals surface area contributed by atoms with Crippen LogP contribution >= 0.6 is 0 Å². The molecule has 2 aliphatic heterocycles. The van der Waals surface area contributed by atoms with Crippen LogP contribution in [0.3, 0.4) is 0 Å². The number of carbonyl (C=O) groups is 2.